The summed E-state index contributed by atoms with van der Waals surface area (Å²) in [5, 5.41) is 11.5. The van der Waals surface area contributed by atoms with Crippen molar-refractivity contribution in [3.05, 3.63) is 60.2 Å². The summed E-state index contributed by atoms with van der Waals surface area (Å²) in [6.07, 6.45) is 0.685. The molecule has 0 aliphatic carbocycles. The molecule has 0 aromatic heterocycles. The van der Waals surface area contributed by atoms with Crippen molar-refractivity contribution in [3.8, 4) is 5.75 Å². The van der Waals surface area contributed by atoms with Crippen molar-refractivity contribution in [2.24, 2.45) is 11.8 Å². The fourth-order valence-corrected chi connectivity index (χ4v) is 2.51. The van der Waals surface area contributed by atoms with Crippen LogP contribution >= 0.6 is 0 Å². The van der Waals surface area contributed by atoms with Gasteiger partial charge in [0.1, 0.15) is 5.75 Å². The van der Waals surface area contributed by atoms with Crippen LogP contribution in [0.3, 0.4) is 0 Å². The van der Waals surface area contributed by atoms with Gasteiger partial charge in [-0.3, -0.25) is 4.79 Å². The van der Waals surface area contributed by atoms with Gasteiger partial charge in [-0.1, -0.05) is 44.2 Å². The van der Waals surface area contributed by atoms with Crippen LogP contribution < -0.4 is 10.1 Å². The molecular weight excluding hydrogens is 318 g/mol. The zero-order chi connectivity index (χ0) is 18.2. The molecule has 0 heterocycles. The van der Waals surface area contributed by atoms with E-state index in [9.17, 15) is 9.59 Å². The Balaban J connectivity index is 1.99. The number of carboxylic acids is 1. The van der Waals surface area contributed by atoms with E-state index in [1.165, 1.54) is 0 Å². The smallest absolute Gasteiger partial charge is 0.341 e. The summed E-state index contributed by atoms with van der Waals surface area (Å²) in [4.78, 5) is 23.1. The number of amides is 1. The molecule has 2 rings (SSSR count). The first-order valence-electron chi connectivity index (χ1n) is 8.25. The third kappa shape index (κ3) is 5.95. The minimum atomic E-state index is -1.03. The molecule has 132 valence electrons. The average Bonchev–Trinajstić information content (AvgIpc) is 2.59. The molecule has 0 saturated heterocycles. The molecule has 2 aromatic carbocycles. The highest BCUT2D eigenvalue weighted by Crippen LogP contribution is 2.21. The predicted molar refractivity (Wildman–Crippen MR) is 96.7 cm³/mol. The zero-order valence-electron chi connectivity index (χ0n) is 14.4. The Kier molecular flexibility index (Phi) is 6.57. The monoisotopic (exact) mass is 341 g/mol. The number of ether oxygens (including phenoxy) is 1. The summed E-state index contributed by atoms with van der Waals surface area (Å²) in [5.41, 5.74) is 1.79. The lowest BCUT2D eigenvalue weighted by Crippen LogP contribution is -2.28. The molecule has 0 aliphatic rings. The Hall–Kier alpha value is -2.82. The number of aliphatic carboxylic acids is 1. The molecule has 2 N–H and O–H groups in total. The molecule has 0 bridgehead atoms. The first-order valence-corrected chi connectivity index (χ1v) is 8.25. The van der Waals surface area contributed by atoms with Crippen LogP contribution in [-0.4, -0.2) is 23.6 Å². The Morgan fingerprint density at radius 2 is 1.68 bits per heavy atom. The van der Waals surface area contributed by atoms with E-state index in [0.717, 1.165) is 5.56 Å². The lowest BCUT2D eigenvalue weighted by molar-refractivity contribution is -0.139. The normalized spacial score (nSPS) is 11.8. The highest BCUT2D eigenvalue weighted by atomic mass is 16.5. The van der Waals surface area contributed by atoms with Gasteiger partial charge in [-0.05, 0) is 42.2 Å². The molecule has 25 heavy (non-hydrogen) atoms. The summed E-state index contributed by atoms with van der Waals surface area (Å²) in [6.45, 7) is 3.68. The van der Waals surface area contributed by atoms with Gasteiger partial charge in [-0.25, -0.2) is 4.79 Å². The Bertz CT molecular complexity index is 695. The fourth-order valence-electron chi connectivity index (χ4n) is 2.51. The lowest BCUT2D eigenvalue weighted by atomic mass is 9.88. The molecule has 0 aliphatic heterocycles. The lowest BCUT2D eigenvalue weighted by Gasteiger charge is -2.20. The van der Waals surface area contributed by atoms with Crippen LogP contribution in [0.25, 0.3) is 0 Å². The van der Waals surface area contributed by atoms with E-state index < -0.39 is 12.6 Å². The molecule has 1 atom stereocenters. The topological polar surface area (TPSA) is 75.6 Å². The Morgan fingerprint density at radius 3 is 2.24 bits per heavy atom. The Labute approximate surface area is 147 Å². The van der Waals surface area contributed by atoms with E-state index in [0.29, 0.717) is 17.9 Å². The summed E-state index contributed by atoms with van der Waals surface area (Å²) < 4.78 is 5.08. The number of benzene rings is 2. The Morgan fingerprint density at radius 1 is 1.04 bits per heavy atom. The van der Waals surface area contributed by atoms with Crippen molar-refractivity contribution in [1.29, 1.82) is 0 Å². The van der Waals surface area contributed by atoms with E-state index >= 15 is 0 Å². The number of rotatable bonds is 8. The zero-order valence-corrected chi connectivity index (χ0v) is 14.4. The van der Waals surface area contributed by atoms with Crippen molar-refractivity contribution in [3.63, 3.8) is 0 Å². The van der Waals surface area contributed by atoms with E-state index in [-0.39, 0.29) is 17.7 Å². The number of hydrogen-bond donors (Lipinski definition) is 2. The van der Waals surface area contributed by atoms with Gasteiger partial charge < -0.3 is 15.2 Å². The molecular formula is C20H23NO4. The number of hydrogen-bond acceptors (Lipinski definition) is 3. The van der Waals surface area contributed by atoms with Gasteiger partial charge in [0.05, 0.1) is 0 Å². The highest BCUT2D eigenvalue weighted by molar-refractivity contribution is 5.92. The van der Waals surface area contributed by atoms with Crippen LogP contribution in [0.15, 0.2) is 54.6 Å². The molecule has 0 spiro atoms. The van der Waals surface area contributed by atoms with Gasteiger partial charge >= 0.3 is 5.97 Å². The molecule has 1 unspecified atom stereocenters. The number of carbonyl (C=O) groups excluding carboxylic acids is 1. The molecule has 0 fully saturated rings. The van der Waals surface area contributed by atoms with Crippen LogP contribution in [0, 0.1) is 11.8 Å². The van der Waals surface area contributed by atoms with Crippen LogP contribution in [0.2, 0.25) is 0 Å². The number of nitrogens with one attached hydrogen (secondary N) is 1. The molecule has 0 saturated carbocycles. The second-order valence-corrected chi connectivity index (χ2v) is 6.24. The highest BCUT2D eigenvalue weighted by Gasteiger charge is 2.22. The summed E-state index contributed by atoms with van der Waals surface area (Å²) >= 11 is 0. The van der Waals surface area contributed by atoms with Gasteiger partial charge in [0.25, 0.3) is 0 Å². The predicted octanol–water partition coefficient (Wildman–Crippen LogP) is 3.60. The average molecular weight is 341 g/mol. The van der Waals surface area contributed by atoms with Crippen molar-refractivity contribution >= 4 is 17.6 Å². The van der Waals surface area contributed by atoms with E-state index in [2.05, 4.69) is 5.32 Å². The first-order chi connectivity index (χ1) is 12.0. The molecule has 1 amide bonds. The van der Waals surface area contributed by atoms with Gasteiger partial charge in [0.2, 0.25) is 5.91 Å². The molecule has 5 nitrogen and oxygen atoms in total. The molecule has 2 aromatic rings. The third-order valence-corrected chi connectivity index (χ3v) is 3.92. The standard InChI is InChI=1S/C20H23NO4/c1-14(2)18(12-15-6-4-3-5-7-15)20(24)21-16-8-10-17(11-9-16)25-13-19(22)23/h3-11,14,18H,12-13H2,1-2H3,(H,21,24)(H,22,23). The SMILES string of the molecule is CC(C)C(Cc1ccccc1)C(=O)Nc1ccc(OCC(=O)O)cc1. The van der Waals surface area contributed by atoms with E-state index in [1.54, 1.807) is 24.3 Å². The second-order valence-electron chi connectivity index (χ2n) is 6.24. The van der Waals surface area contributed by atoms with Gasteiger partial charge in [0.15, 0.2) is 6.61 Å². The maximum absolute atomic E-state index is 12.6. The van der Waals surface area contributed by atoms with Crippen LogP contribution in [0.4, 0.5) is 5.69 Å². The minimum Gasteiger partial charge on any atom is -0.482 e. The van der Waals surface area contributed by atoms with E-state index in [4.69, 9.17) is 9.84 Å². The molecule has 5 heteroatoms. The summed E-state index contributed by atoms with van der Waals surface area (Å²) in [7, 11) is 0. The largest absolute Gasteiger partial charge is 0.482 e. The van der Waals surface area contributed by atoms with Gasteiger partial charge in [0, 0.05) is 11.6 Å². The number of carboxylic acid groups (broad SMARTS) is 1. The van der Waals surface area contributed by atoms with Crippen molar-refractivity contribution in [2.45, 2.75) is 20.3 Å². The number of carbonyl (C=O) groups is 2. The third-order valence-electron chi connectivity index (χ3n) is 3.92. The quantitative estimate of drug-likeness (QED) is 0.769. The first kappa shape index (κ1) is 18.5. The fraction of sp³-hybridized carbons (Fsp3) is 0.300. The van der Waals surface area contributed by atoms with Gasteiger partial charge in [-0.2, -0.15) is 0 Å². The van der Waals surface area contributed by atoms with Crippen LogP contribution in [-0.2, 0) is 16.0 Å². The van der Waals surface area contributed by atoms with Crippen LogP contribution in [0.5, 0.6) is 5.75 Å². The molecule has 0 radical (unpaired) electrons. The number of anilines is 1. The second kappa shape index (κ2) is 8.87. The van der Waals surface area contributed by atoms with Gasteiger partial charge in [-0.15, -0.1) is 0 Å². The van der Waals surface area contributed by atoms with Crippen molar-refractivity contribution in [1.82, 2.24) is 0 Å². The summed E-state index contributed by atoms with van der Waals surface area (Å²) in [5.74, 6) is -0.537. The van der Waals surface area contributed by atoms with Crippen molar-refractivity contribution in [2.75, 3.05) is 11.9 Å². The van der Waals surface area contributed by atoms with E-state index in [1.807, 2.05) is 44.2 Å². The van der Waals surface area contributed by atoms with Crippen LogP contribution in [0.1, 0.15) is 19.4 Å². The van der Waals surface area contributed by atoms with Crippen molar-refractivity contribution < 1.29 is 19.4 Å². The minimum absolute atomic E-state index is 0.0296. The maximum atomic E-state index is 12.6. The summed E-state index contributed by atoms with van der Waals surface area (Å²) in [6, 6.07) is 16.6. The maximum Gasteiger partial charge on any atom is 0.341 e.